The first kappa shape index (κ1) is 23.7. The number of nitrogens with one attached hydrogen (secondary N) is 2. The minimum absolute atomic E-state index is 0.00697. The van der Waals surface area contributed by atoms with Gasteiger partial charge in [0.2, 0.25) is 0 Å². The third-order valence-electron chi connectivity index (χ3n) is 3.61. The summed E-state index contributed by atoms with van der Waals surface area (Å²) in [4.78, 5) is 5.18. The first-order chi connectivity index (χ1) is 13.1. The van der Waals surface area contributed by atoms with E-state index in [1.54, 1.807) is 6.07 Å². The lowest BCUT2D eigenvalue weighted by molar-refractivity contribution is -0.143. The Morgan fingerprint density at radius 3 is 2.54 bits per heavy atom. The molecular weight excluding hydrogens is 387 g/mol. The molecule has 0 unspecified atom stereocenters. The standard InChI is InChI=1S/C17H25F5N4O2/c1-23-16(24-7-4-8-26(2)11-17(20,21)22)25-10-12-9-13(27-3)5-6-14(12)28-15(18)19/h5-6,9,15H,4,7-8,10-11H2,1-3H3,(H2,23,24,25). The highest BCUT2D eigenvalue weighted by Gasteiger charge is 2.28. The molecule has 0 aromatic heterocycles. The SMILES string of the molecule is CN=C(NCCCN(C)CC(F)(F)F)NCc1cc(OC)ccc1OC(F)F. The predicted molar refractivity (Wildman–Crippen MR) is 96.0 cm³/mol. The van der Waals surface area contributed by atoms with Gasteiger partial charge in [0.25, 0.3) is 0 Å². The highest BCUT2D eigenvalue weighted by molar-refractivity contribution is 5.79. The molecule has 11 heteroatoms. The van der Waals surface area contributed by atoms with Crippen molar-refractivity contribution in [1.29, 1.82) is 0 Å². The van der Waals surface area contributed by atoms with Crippen LogP contribution in [-0.4, -0.2) is 64.5 Å². The number of guanidine groups is 1. The summed E-state index contributed by atoms with van der Waals surface area (Å²) in [7, 11) is 4.37. The number of hydrogen-bond acceptors (Lipinski definition) is 4. The van der Waals surface area contributed by atoms with Gasteiger partial charge in [0.05, 0.1) is 13.7 Å². The highest BCUT2D eigenvalue weighted by atomic mass is 19.4. The number of aliphatic imine (C=N–C) groups is 1. The molecule has 1 aromatic carbocycles. The fourth-order valence-electron chi connectivity index (χ4n) is 2.37. The molecule has 0 aliphatic heterocycles. The molecule has 6 nitrogen and oxygen atoms in total. The molecule has 0 heterocycles. The zero-order valence-corrected chi connectivity index (χ0v) is 15.9. The lowest BCUT2D eigenvalue weighted by atomic mass is 10.2. The molecule has 0 fully saturated rings. The van der Waals surface area contributed by atoms with Gasteiger partial charge in [-0.25, -0.2) is 0 Å². The van der Waals surface area contributed by atoms with E-state index in [9.17, 15) is 22.0 Å². The molecule has 1 aromatic rings. The van der Waals surface area contributed by atoms with Crippen LogP contribution in [0.4, 0.5) is 22.0 Å². The fraction of sp³-hybridized carbons (Fsp3) is 0.588. The smallest absolute Gasteiger partial charge is 0.401 e. The maximum Gasteiger partial charge on any atom is 0.401 e. The van der Waals surface area contributed by atoms with E-state index in [2.05, 4.69) is 20.4 Å². The second-order valence-electron chi connectivity index (χ2n) is 5.91. The lowest BCUT2D eigenvalue weighted by Gasteiger charge is -2.19. The van der Waals surface area contributed by atoms with E-state index in [0.29, 0.717) is 30.2 Å². The van der Waals surface area contributed by atoms with Gasteiger partial charge in [-0.1, -0.05) is 0 Å². The molecule has 0 aliphatic carbocycles. The summed E-state index contributed by atoms with van der Waals surface area (Å²) >= 11 is 0. The highest BCUT2D eigenvalue weighted by Crippen LogP contribution is 2.25. The molecule has 0 spiro atoms. The van der Waals surface area contributed by atoms with Gasteiger partial charge in [-0.2, -0.15) is 22.0 Å². The number of halogens is 5. The van der Waals surface area contributed by atoms with Crippen LogP contribution < -0.4 is 20.1 Å². The van der Waals surface area contributed by atoms with Gasteiger partial charge in [0, 0.05) is 25.7 Å². The van der Waals surface area contributed by atoms with Gasteiger partial charge in [-0.15, -0.1) is 0 Å². The van der Waals surface area contributed by atoms with Crippen LogP contribution in [0.3, 0.4) is 0 Å². The molecule has 1 rings (SSSR count). The Balaban J connectivity index is 2.51. The van der Waals surface area contributed by atoms with Gasteiger partial charge < -0.3 is 20.1 Å². The topological polar surface area (TPSA) is 58.1 Å². The largest absolute Gasteiger partial charge is 0.497 e. The number of methoxy groups -OCH3 is 1. The van der Waals surface area contributed by atoms with Crippen LogP contribution >= 0.6 is 0 Å². The Labute approximate surface area is 160 Å². The summed E-state index contributed by atoms with van der Waals surface area (Å²) in [5, 5.41) is 5.90. The van der Waals surface area contributed by atoms with Crippen LogP contribution in [0, 0.1) is 0 Å². The van der Waals surface area contributed by atoms with Gasteiger partial charge in [-0.3, -0.25) is 9.89 Å². The molecule has 0 radical (unpaired) electrons. The van der Waals surface area contributed by atoms with E-state index in [1.165, 1.54) is 38.2 Å². The van der Waals surface area contributed by atoms with Crippen LogP contribution in [0.25, 0.3) is 0 Å². The zero-order chi connectivity index (χ0) is 21.2. The average Bonchev–Trinajstić information content (AvgIpc) is 2.60. The van der Waals surface area contributed by atoms with Crippen LogP contribution in [0.2, 0.25) is 0 Å². The van der Waals surface area contributed by atoms with Crippen molar-refractivity contribution < 1.29 is 31.4 Å². The average molecular weight is 412 g/mol. The van der Waals surface area contributed by atoms with Crippen LogP contribution in [0.1, 0.15) is 12.0 Å². The van der Waals surface area contributed by atoms with Crippen molar-refractivity contribution in [2.45, 2.75) is 25.8 Å². The van der Waals surface area contributed by atoms with E-state index in [0.717, 1.165) is 0 Å². The van der Waals surface area contributed by atoms with Gasteiger partial charge in [-0.05, 0) is 38.2 Å². The Kier molecular flexibility index (Phi) is 9.77. The molecule has 0 saturated carbocycles. The van der Waals surface area contributed by atoms with Crippen molar-refractivity contribution in [3.8, 4) is 11.5 Å². The van der Waals surface area contributed by atoms with Crippen molar-refractivity contribution in [1.82, 2.24) is 15.5 Å². The number of benzene rings is 1. The number of ether oxygens (including phenoxy) is 2. The number of hydrogen-bond donors (Lipinski definition) is 2. The summed E-state index contributed by atoms with van der Waals surface area (Å²) < 4.78 is 71.5. The minimum atomic E-state index is -4.23. The summed E-state index contributed by atoms with van der Waals surface area (Å²) in [5.41, 5.74) is 0.438. The summed E-state index contributed by atoms with van der Waals surface area (Å²) in [6.07, 6.45) is -3.76. The Morgan fingerprint density at radius 2 is 1.96 bits per heavy atom. The van der Waals surface area contributed by atoms with Crippen molar-refractivity contribution >= 4 is 5.96 Å². The number of alkyl halides is 5. The molecule has 0 bridgehead atoms. The summed E-state index contributed by atoms with van der Waals surface area (Å²) in [6, 6.07) is 4.45. The van der Waals surface area contributed by atoms with Crippen molar-refractivity contribution in [3.63, 3.8) is 0 Å². The third-order valence-corrected chi connectivity index (χ3v) is 3.61. The summed E-state index contributed by atoms with van der Waals surface area (Å²) in [5.74, 6) is 0.867. The normalized spacial score (nSPS) is 12.4. The lowest BCUT2D eigenvalue weighted by Crippen LogP contribution is -2.39. The molecule has 0 aliphatic rings. The molecular formula is C17H25F5N4O2. The first-order valence-electron chi connectivity index (χ1n) is 8.46. The van der Waals surface area contributed by atoms with Gasteiger partial charge >= 0.3 is 12.8 Å². The molecule has 0 saturated heterocycles. The Bertz CT molecular complexity index is 626. The number of rotatable bonds is 10. The second-order valence-corrected chi connectivity index (χ2v) is 5.91. The second kappa shape index (κ2) is 11.5. The molecule has 2 N–H and O–H groups in total. The maximum atomic E-state index is 12.5. The zero-order valence-electron chi connectivity index (χ0n) is 15.9. The fourth-order valence-corrected chi connectivity index (χ4v) is 2.37. The van der Waals surface area contributed by atoms with Crippen molar-refractivity contribution in [3.05, 3.63) is 23.8 Å². The van der Waals surface area contributed by atoms with Crippen molar-refractivity contribution in [2.24, 2.45) is 4.99 Å². The van der Waals surface area contributed by atoms with E-state index < -0.39 is 19.3 Å². The molecule has 0 amide bonds. The first-order valence-corrected chi connectivity index (χ1v) is 8.46. The quantitative estimate of drug-likeness (QED) is 0.268. The van der Waals surface area contributed by atoms with Crippen LogP contribution in [0.15, 0.2) is 23.2 Å². The maximum absolute atomic E-state index is 12.5. The number of nitrogens with zero attached hydrogens (tertiary/aromatic N) is 2. The van der Waals surface area contributed by atoms with Crippen LogP contribution in [0.5, 0.6) is 11.5 Å². The third kappa shape index (κ3) is 9.58. The van der Waals surface area contributed by atoms with Crippen LogP contribution in [-0.2, 0) is 6.54 Å². The Morgan fingerprint density at radius 1 is 1.25 bits per heavy atom. The molecule has 28 heavy (non-hydrogen) atoms. The van der Waals surface area contributed by atoms with E-state index >= 15 is 0 Å². The molecule has 0 atom stereocenters. The monoisotopic (exact) mass is 412 g/mol. The Hall–Kier alpha value is -2.30. The predicted octanol–water partition coefficient (Wildman–Crippen LogP) is 2.85. The van der Waals surface area contributed by atoms with E-state index in [-0.39, 0.29) is 18.8 Å². The molecule has 160 valence electrons. The van der Waals surface area contributed by atoms with Gasteiger partial charge in [0.15, 0.2) is 5.96 Å². The van der Waals surface area contributed by atoms with E-state index in [1.807, 2.05) is 0 Å². The van der Waals surface area contributed by atoms with Gasteiger partial charge in [0.1, 0.15) is 11.5 Å². The minimum Gasteiger partial charge on any atom is -0.497 e. The van der Waals surface area contributed by atoms with E-state index in [4.69, 9.17) is 4.74 Å². The summed E-state index contributed by atoms with van der Waals surface area (Å²) in [6.45, 7) is -3.15. The van der Waals surface area contributed by atoms with Crippen molar-refractivity contribution in [2.75, 3.05) is 40.8 Å².